The number of nitrogens with one attached hydrogen (secondary N) is 1. The van der Waals surface area contributed by atoms with Crippen LogP contribution < -0.4 is 5.32 Å². The number of cyclic esters (lactones) is 1. The van der Waals surface area contributed by atoms with Gasteiger partial charge in [0.05, 0.1) is 6.04 Å². The third-order valence-electron chi connectivity index (χ3n) is 2.42. The summed E-state index contributed by atoms with van der Waals surface area (Å²) < 4.78 is 5.19. The zero-order chi connectivity index (χ0) is 10.7. The van der Waals surface area contributed by atoms with E-state index < -0.39 is 0 Å². The van der Waals surface area contributed by atoms with Crippen molar-refractivity contribution in [3.8, 4) is 0 Å². The number of rotatable bonds is 3. The monoisotopic (exact) mass is 197 g/mol. The van der Waals surface area contributed by atoms with Gasteiger partial charge >= 0.3 is 6.09 Å². The van der Waals surface area contributed by atoms with E-state index in [-0.39, 0.29) is 18.2 Å². The highest BCUT2D eigenvalue weighted by molar-refractivity contribution is 5.70. The standard InChI is InChI=1S/C11H19NO2/c1-7(2)5-6-9-10(8(3)4)12-11(13)14-9/h5,8-10H,6H2,1-4H3,(H,12,13). The summed E-state index contributed by atoms with van der Waals surface area (Å²) in [4.78, 5) is 11.1. The Kier molecular flexibility index (Phi) is 3.55. The molecule has 0 aromatic heterocycles. The lowest BCUT2D eigenvalue weighted by Crippen LogP contribution is -2.36. The number of alkyl carbamates (subject to hydrolysis) is 1. The van der Waals surface area contributed by atoms with Crippen LogP contribution in [0, 0.1) is 5.92 Å². The van der Waals surface area contributed by atoms with Gasteiger partial charge in [-0.05, 0) is 19.8 Å². The van der Waals surface area contributed by atoms with Crippen molar-refractivity contribution in [3.05, 3.63) is 11.6 Å². The molecule has 0 aromatic rings. The normalized spacial score (nSPS) is 25.9. The Hall–Kier alpha value is -0.990. The third kappa shape index (κ3) is 2.76. The molecule has 0 aromatic carbocycles. The molecule has 0 saturated carbocycles. The molecule has 1 heterocycles. The van der Waals surface area contributed by atoms with Crippen molar-refractivity contribution in [1.29, 1.82) is 0 Å². The van der Waals surface area contributed by atoms with Gasteiger partial charge in [0.25, 0.3) is 0 Å². The van der Waals surface area contributed by atoms with Crippen molar-refractivity contribution in [2.45, 2.75) is 46.3 Å². The summed E-state index contributed by atoms with van der Waals surface area (Å²) in [6, 6.07) is 0.151. The number of hydrogen-bond donors (Lipinski definition) is 1. The number of ether oxygens (including phenoxy) is 1. The molecule has 1 N–H and O–H groups in total. The lowest BCUT2D eigenvalue weighted by atomic mass is 9.97. The molecular weight excluding hydrogens is 178 g/mol. The first-order valence-corrected chi connectivity index (χ1v) is 5.11. The molecule has 1 rings (SSSR count). The summed E-state index contributed by atoms with van der Waals surface area (Å²) in [5.74, 6) is 0.414. The topological polar surface area (TPSA) is 38.3 Å². The Labute approximate surface area is 85.5 Å². The highest BCUT2D eigenvalue weighted by Gasteiger charge is 2.34. The van der Waals surface area contributed by atoms with Gasteiger partial charge in [-0.1, -0.05) is 25.5 Å². The second kappa shape index (κ2) is 4.49. The van der Waals surface area contributed by atoms with E-state index in [1.54, 1.807) is 0 Å². The summed E-state index contributed by atoms with van der Waals surface area (Å²) >= 11 is 0. The largest absolute Gasteiger partial charge is 0.444 e. The maximum absolute atomic E-state index is 11.1. The van der Waals surface area contributed by atoms with E-state index in [2.05, 4.69) is 39.1 Å². The molecular formula is C11H19NO2. The molecule has 0 radical (unpaired) electrons. The lowest BCUT2D eigenvalue weighted by molar-refractivity contribution is 0.127. The predicted molar refractivity (Wildman–Crippen MR) is 56.1 cm³/mol. The van der Waals surface area contributed by atoms with E-state index >= 15 is 0 Å². The second-order valence-corrected chi connectivity index (χ2v) is 4.38. The zero-order valence-electron chi connectivity index (χ0n) is 9.33. The zero-order valence-corrected chi connectivity index (χ0v) is 9.33. The van der Waals surface area contributed by atoms with Crippen LogP contribution in [-0.2, 0) is 4.74 Å². The van der Waals surface area contributed by atoms with Crippen LogP contribution in [0.5, 0.6) is 0 Å². The first kappa shape index (κ1) is 11.1. The van der Waals surface area contributed by atoms with E-state index in [9.17, 15) is 4.79 Å². The van der Waals surface area contributed by atoms with Crippen LogP contribution in [0.2, 0.25) is 0 Å². The van der Waals surface area contributed by atoms with E-state index in [1.165, 1.54) is 5.57 Å². The quantitative estimate of drug-likeness (QED) is 0.706. The highest BCUT2D eigenvalue weighted by Crippen LogP contribution is 2.19. The first-order chi connectivity index (χ1) is 6.50. The SMILES string of the molecule is CC(C)=CCC1OC(=O)NC1C(C)C. The Bertz CT molecular complexity index is 242. The van der Waals surface area contributed by atoms with E-state index in [0.717, 1.165) is 6.42 Å². The minimum atomic E-state index is -0.282. The van der Waals surface area contributed by atoms with Crippen LogP contribution in [0.15, 0.2) is 11.6 Å². The number of hydrogen-bond acceptors (Lipinski definition) is 2. The molecule has 1 aliphatic heterocycles. The van der Waals surface area contributed by atoms with Crippen LogP contribution in [0.3, 0.4) is 0 Å². The fraction of sp³-hybridized carbons (Fsp3) is 0.727. The molecule has 80 valence electrons. The fourth-order valence-electron chi connectivity index (χ4n) is 1.62. The Morgan fingerprint density at radius 2 is 2.21 bits per heavy atom. The van der Waals surface area contributed by atoms with Gasteiger partial charge < -0.3 is 10.1 Å². The van der Waals surface area contributed by atoms with Gasteiger partial charge in [-0.15, -0.1) is 0 Å². The summed E-state index contributed by atoms with van der Waals surface area (Å²) in [6.45, 7) is 8.29. The number of amides is 1. The summed E-state index contributed by atoms with van der Waals surface area (Å²) in [6.07, 6.45) is 2.64. The van der Waals surface area contributed by atoms with Gasteiger partial charge in [0.1, 0.15) is 6.10 Å². The third-order valence-corrected chi connectivity index (χ3v) is 2.42. The Morgan fingerprint density at radius 3 is 2.71 bits per heavy atom. The molecule has 0 spiro atoms. The van der Waals surface area contributed by atoms with Crippen molar-refractivity contribution in [2.24, 2.45) is 5.92 Å². The first-order valence-electron chi connectivity index (χ1n) is 5.11. The number of carbonyl (C=O) groups excluding carboxylic acids is 1. The van der Waals surface area contributed by atoms with E-state index in [0.29, 0.717) is 5.92 Å². The molecule has 0 aliphatic carbocycles. The van der Waals surface area contributed by atoms with Crippen LogP contribution in [0.4, 0.5) is 4.79 Å². The molecule has 3 heteroatoms. The molecule has 3 nitrogen and oxygen atoms in total. The molecule has 1 aliphatic rings. The average molecular weight is 197 g/mol. The predicted octanol–water partition coefficient (Wildman–Crippen LogP) is 2.48. The van der Waals surface area contributed by atoms with Gasteiger partial charge in [0.2, 0.25) is 0 Å². The van der Waals surface area contributed by atoms with Crippen LogP contribution in [0.1, 0.15) is 34.1 Å². The van der Waals surface area contributed by atoms with Crippen LogP contribution in [-0.4, -0.2) is 18.2 Å². The minimum Gasteiger partial charge on any atom is -0.444 e. The minimum absolute atomic E-state index is 0.00241. The molecule has 14 heavy (non-hydrogen) atoms. The second-order valence-electron chi connectivity index (χ2n) is 4.38. The molecule has 2 unspecified atom stereocenters. The molecule has 0 bridgehead atoms. The molecule has 1 saturated heterocycles. The van der Waals surface area contributed by atoms with E-state index in [4.69, 9.17) is 4.74 Å². The van der Waals surface area contributed by atoms with Crippen molar-refractivity contribution in [3.63, 3.8) is 0 Å². The van der Waals surface area contributed by atoms with Gasteiger partial charge in [-0.25, -0.2) is 4.79 Å². The van der Waals surface area contributed by atoms with Crippen molar-refractivity contribution in [2.75, 3.05) is 0 Å². The van der Waals surface area contributed by atoms with Crippen LogP contribution >= 0.6 is 0 Å². The van der Waals surface area contributed by atoms with Gasteiger partial charge in [-0.2, -0.15) is 0 Å². The lowest BCUT2D eigenvalue weighted by Gasteiger charge is -2.18. The molecule has 1 amide bonds. The van der Waals surface area contributed by atoms with Gasteiger partial charge in [-0.3, -0.25) is 0 Å². The summed E-state index contributed by atoms with van der Waals surface area (Å²) in [5.41, 5.74) is 1.26. The smallest absolute Gasteiger partial charge is 0.407 e. The highest BCUT2D eigenvalue weighted by atomic mass is 16.6. The van der Waals surface area contributed by atoms with Crippen LogP contribution in [0.25, 0.3) is 0 Å². The van der Waals surface area contributed by atoms with Crippen molar-refractivity contribution >= 4 is 6.09 Å². The maximum Gasteiger partial charge on any atom is 0.407 e. The van der Waals surface area contributed by atoms with E-state index in [1.807, 2.05) is 0 Å². The number of allylic oxidation sites excluding steroid dienone is 1. The van der Waals surface area contributed by atoms with Crippen molar-refractivity contribution in [1.82, 2.24) is 5.32 Å². The Balaban J connectivity index is 2.58. The Morgan fingerprint density at radius 1 is 1.57 bits per heavy atom. The van der Waals surface area contributed by atoms with Gasteiger partial charge in [0.15, 0.2) is 0 Å². The molecule has 1 fully saturated rings. The van der Waals surface area contributed by atoms with Gasteiger partial charge in [0, 0.05) is 6.42 Å². The maximum atomic E-state index is 11.1. The average Bonchev–Trinajstić information content (AvgIpc) is 2.43. The fourth-order valence-corrected chi connectivity index (χ4v) is 1.62. The van der Waals surface area contributed by atoms with Crippen molar-refractivity contribution < 1.29 is 9.53 Å². The molecule has 2 atom stereocenters. The number of carbonyl (C=O) groups is 1. The summed E-state index contributed by atoms with van der Waals surface area (Å²) in [5, 5.41) is 2.84. The summed E-state index contributed by atoms with van der Waals surface area (Å²) in [7, 11) is 0.